The molecule has 4 nitrogen and oxygen atoms in total. The molecule has 0 radical (unpaired) electrons. The first-order chi connectivity index (χ1) is 8.34. The molecule has 0 bridgehead atoms. The molecule has 19 heavy (non-hydrogen) atoms. The normalized spacial score (nSPS) is 13.4. The Labute approximate surface area is 108 Å². The zero-order chi connectivity index (χ0) is 15.1. The molecular formula is C9H11F4NO3SSi. The third kappa shape index (κ3) is 3.66. The first kappa shape index (κ1) is 15.9. The van der Waals surface area contributed by atoms with Gasteiger partial charge in [0.2, 0.25) is 5.88 Å². The summed E-state index contributed by atoms with van der Waals surface area (Å²) in [7, 11) is -8.14. The summed E-state index contributed by atoms with van der Waals surface area (Å²) in [6, 6.07) is 0.945. The lowest BCUT2D eigenvalue weighted by atomic mass is 10.5. The van der Waals surface area contributed by atoms with Gasteiger partial charge in [-0.2, -0.15) is 21.6 Å². The summed E-state index contributed by atoms with van der Waals surface area (Å²) in [5, 5.41) is 0.0559. The fraction of sp³-hybridized carbons (Fsp3) is 0.444. The first-order valence-corrected chi connectivity index (χ1v) is 9.92. The van der Waals surface area contributed by atoms with Gasteiger partial charge in [-0.1, -0.05) is 19.6 Å². The third-order valence-corrected chi connectivity index (χ3v) is 5.02. The van der Waals surface area contributed by atoms with Crippen LogP contribution in [0.5, 0.6) is 5.88 Å². The quantitative estimate of drug-likeness (QED) is 0.370. The maximum atomic E-state index is 13.1. The van der Waals surface area contributed by atoms with Crippen LogP contribution in [0.3, 0.4) is 0 Å². The zero-order valence-corrected chi connectivity index (χ0v) is 12.1. The topological polar surface area (TPSA) is 56.3 Å². The SMILES string of the molecule is C[Si](C)(C)c1cc(F)cnc1OS(=O)(=O)C(F)(F)F. The second-order valence-electron chi connectivity index (χ2n) is 4.74. The highest BCUT2D eigenvalue weighted by molar-refractivity contribution is 7.88. The minimum Gasteiger partial charge on any atom is -0.355 e. The van der Waals surface area contributed by atoms with Gasteiger partial charge in [-0.05, 0) is 6.07 Å². The molecule has 0 saturated carbocycles. The van der Waals surface area contributed by atoms with E-state index in [1.807, 2.05) is 0 Å². The number of hydrogen-bond donors (Lipinski definition) is 0. The summed E-state index contributed by atoms with van der Waals surface area (Å²) in [5.41, 5.74) is -5.56. The van der Waals surface area contributed by atoms with Crippen LogP contribution in [0.2, 0.25) is 19.6 Å². The Bertz CT molecular complexity index is 580. The summed E-state index contributed by atoms with van der Waals surface area (Å²) in [6.07, 6.45) is 0.602. The van der Waals surface area contributed by atoms with Crippen molar-refractivity contribution < 1.29 is 30.2 Å². The van der Waals surface area contributed by atoms with E-state index in [-0.39, 0.29) is 5.19 Å². The number of aromatic nitrogens is 1. The Kier molecular flexibility index (Phi) is 3.97. The minimum atomic E-state index is -5.81. The molecular weight excluding hydrogens is 306 g/mol. The Morgan fingerprint density at radius 1 is 1.26 bits per heavy atom. The molecule has 0 aliphatic rings. The van der Waals surface area contributed by atoms with Crippen LogP contribution in [-0.4, -0.2) is 27.0 Å². The van der Waals surface area contributed by atoms with Gasteiger partial charge in [-0.3, -0.25) is 0 Å². The summed E-state index contributed by atoms with van der Waals surface area (Å²) in [6.45, 7) is 5.07. The van der Waals surface area contributed by atoms with Crippen LogP contribution < -0.4 is 9.37 Å². The van der Waals surface area contributed by atoms with Gasteiger partial charge in [0.25, 0.3) is 0 Å². The highest BCUT2D eigenvalue weighted by Crippen LogP contribution is 2.26. The molecule has 0 N–H and O–H groups in total. The Morgan fingerprint density at radius 3 is 2.21 bits per heavy atom. The molecule has 1 heterocycles. The van der Waals surface area contributed by atoms with Crippen molar-refractivity contribution >= 4 is 23.4 Å². The van der Waals surface area contributed by atoms with Gasteiger partial charge in [0.15, 0.2) is 0 Å². The first-order valence-electron chi connectivity index (χ1n) is 5.01. The zero-order valence-electron chi connectivity index (χ0n) is 10.2. The van der Waals surface area contributed by atoms with Crippen molar-refractivity contribution in [1.82, 2.24) is 4.98 Å². The van der Waals surface area contributed by atoms with Crippen molar-refractivity contribution in [3.8, 4) is 5.88 Å². The molecule has 0 atom stereocenters. The Morgan fingerprint density at radius 2 is 1.79 bits per heavy atom. The number of hydrogen-bond acceptors (Lipinski definition) is 4. The van der Waals surface area contributed by atoms with Crippen molar-refractivity contribution in [2.24, 2.45) is 0 Å². The van der Waals surface area contributed by atoms with Gasteiger partial charge in [-0.15, -0.1) is 0 Å². The van der Waals surface area contributed by atoms with E-state index in [1.54, 1.807) is 19.6 Å². The molecule has 108 valence electrons. The Balaban J connectivity index is 3.31. The van der Waals surface area contributed by atoms with Crippen molar-refractivity contribution in [2.75, 3.05) is 0 Å². The van der Waals surface area contributed by atoms with E-state index in [0.717, 1.165) is 6.07 Å². The van der Waals surface area contributed by atoms with Gasteiger partial charge < -0.3 is 4.18 Å². The van der Waals surface area contributed by atoms with Gasteiger partial charge >= 0.3 is 15.6 Å². The smallest absolute Gasteiger partial charge is 0.355 e. The average molecular weight is 317 g/mol. The predicted octanol–water partition coefficient (Wildman–Crippen LogP) is 1.99. The minimum absolute atomic E-state index is 0.0559. The maximum absolute atomic E-state index is 13.1. The summed E-state index contributed by atoms with van der Waals surface area (Å²) >= 11 is 0. The second kappa shape index (κ2) is 4.74. The molecule has 0 spiro atoms. The number of halogens is 4. The highest BCUT2D eigenvalue weighted by Gasteiger charge is 2.49. The molecule has 0 aliphatic carbocycles. The van der Waals surface area contributed by atoms with Gasteiger partial charge in [-0.25, -0.2) is 9.37 Å². The van der Waals surface area contributed by atoms with Crippen LogP contribution in [0.4, 0.5) is 17.6 Å². The maximum Gasteiger partial charge on any atom is 0.534 e. The standard InChI is InChI=1S/C9H11F4NO3SSi/c1-19(2,3)7-4-6(10)5-14-8(7)17-18(15,16)9(11,12)13/h4-5H,1-3H3. The molecule has 1 aromatic rings. The molecule has 10 heteroatoms. The van der Waals surface area contributed by atoms with E-state index in [4.69, 9.17) is 0 Å². The third-order valence-electron chi connectivity index (χ3n) is 2.10. The van der Waals surface area contributed by atoms with E-state index in [9.17, 15) is 26.0 Å². The number of nitrogens with zero attached hydrogens (tertiary/aromatic N) is 1. The predicted molar refractivity (Wildman–Crippen MR) is 62.8 cm³/mol. The average Bonchev–Trinajstić information content (AvgIpc) is 2.17. The van der Waals surface area contributed by atoms with E-state index >= 15 is 0 Å². The van der Waals surface area contributed by atoms with Crippen LogP contribution in [0.25, 0.3) is 0 Å². The number of rotatable bonds is 3. The number of pyridine rings is 1. The van der Waals surface area contributed by atoms with E-state index in [2.05, 4.69) is 9.17 Å². The van der Waals surface area contributed by atoms with E-state index in [0.29, 0.717) is 6.20 Å². The molecule has 0 saturated heterocycles. The van der Waals surface area contributed by atoms with Crippen LogP contribution in [-0.2, 0) is 10.1 Å². The lowest BCUT2D eigenvalue weighted by molar-refractivity contribution is -0.0501. The highest BCUT2D eigenvalue weighted by atomic mass is 32.2. The fourth-order valence-electron chi connectivity index (χ4n) is 1.18. The van der Waals surface area contributed by atoms with Crippen LogP contribution in [0, 0.1) is 5.82 Å². The molecule has 1 rings (SSSR count). The molecule has 0 fully saturated rings. The van der Waals surface area contributed by atoms with Gasteiger partial charge in [0.1, 0.15) is 5.82 Å². The fourth-order valence-corrected chi connectivity index (χ4v) is 3.02. The Hall–Kier alpha value is -1.16. The van der Waals surface area contributed by atoms with Crippen LogP contribution in [0.1, 0.15) is 0 Å². The summed E-state index contributed by atoms with van der Waals surface area (Å²) in [5.74, 6) is -1.49. The molecule has 0 unspecified atom stereocenters. The monoisotopic (exact) mass is 317 g/mol. The van der Waals surface area contributed by atoms with Gasteiger partial charge in [0.05, 0.1) is 14.3 Å². The number of alkyl halides is 3. The molecule has 0 amide bonds. The lowest BCUT2D eigenvalue weighted by Crippen LogP contribution is -2.41. The van der Waals surface area contributed by atoms with Crippen molar-refractivity contribution in [3.05, 3.63) is 18.1 Å². The van der Waals surface area contributed by atoms with Gasteiger partial charge in [0, 0.05) is 5.19 Å². The van der Waals surface area contributed by atoms with Crippen LogP contribution >= 0.6 is 0 Å². The van der Waals surface area contributed by atoms with E-state index in [1.165, 1.54) is 0 Å². The lowest BCUT2D eigenvalue weighted by Gasteiger charge is -2.19. The van der Waals surface area contributed by atoms with Crippen molar-refractivity contribution in [3.63, 3.8) is 0 Å². The van der Waals surface area contributed by atoms with Crippen molar-refractivity contribution in [1.29, 1.82) is 0 Å². The second-order valence-corrected chi connectivity index (χ2v) is 11.3. The molecule has 0 aliphatic heterocycles. The molecule has 1 aromatic heterocycles. The summed E-state index contributed by atoms with van der Waals surface area (Å²) < 4.78 is 75.6. The van der Waals surface area contributed by atoms with Crippen molar-refractivity contribution in [2.45, 2.75) is 25.1 Å². The largest absolute Gasteiger partial charge is 0.534 e. The van der Waals surface area contributed by atoms with E-state index < -0.39 is 35.4 Å². The van der Waals surface area contributed by atoms with Crippen LogP contribution in [0.15, 0.2) is 12.3 Å². The summed E-state index contributed by atoms with van der Waals surface area (Å²) in [4.78, 5) is 3.30. The molecule has 0 aromatic carbocycles.